The third kappa shape index (κ3) is 6.60. The average Bonchev–Trinajstić information content (AvgIpc) is 3.31. The predicted octanol–water partition coefficient (Wildman–Crippen LogP) is 6.29. The number of halogens is 2. The summed E-state index contributed by atoms with van der Waals surface area (Å²) in [5.41, 5.74) is 5.77. The minimum atomic E-state index is -3.55. The van der Waals surface area contributed by atoms with Crippen molar-refractivity contribution in [2.75, 3.05) is 10.6 Å². The van der Waals surface area contributed by atoms with Crippen LogP contribution in [-0.2, 0) is 16.6 Å². The second kappa shape index (κ2) is 11.2. The van der Waals surface area contributed by atoms with Crippen LogP contribution in [0, 0.1) is 6.92 Å². The van der Waals surface area contributed by atoms with Crippen molar-refractivity contribution in [3.05, 3.63) is 111 Å². The zero-order valence-electron chi connectivity index (χ0n) is 20.0. The van der Waals surface area contributed by atoms with Gasteiger partial charge in [-0.2, -0.15) is 5.10 Å². The van der Waals surface area contributed by atoms with E-state index in [1.54, 1.807) is 54.6 Å². The number of nitrogens with zero attached hydrogens (tertiary/aromatic N) is 2. The number of furan rings is 1. The molecule has 10 heteroatoms. The molecular weight excluding hydrogens is 533 g/mol. The van der Waals surface area contributed by atoms with Gasteiger partial charge in [0.2, 0.25) is 10.0 Å². The van der Waals surface area contributed by atoms with E-state index >= 15 is 0 Å². The fraction of sp³-hybridized carbons (Fsp3) is 0.111. The lowest BCUT2D eigenvalue weighted by molar-refractivity contribution is 0.0955. The Labute approximate surface area is 225 Å². The number of aryl methyl sites for hydroxylation is 1. The Morgan fingerprint density at radius 1 is 1.03 bits per heavy atom. The van der Waals surface area contributed by atoms with Crippen LogP contribution in [0.15, 0.2) is 88.4 Å². The van der Waals surface area contributed by atoms with E-state index in [0.29, 0.717) is 38.4 Å². The van der Waals surface area contributed by atoms with Crippen LogP contribution < -0.4 is 9.73 Å². The van der Waals surface area contributed by atoms with Crippen molar-refractivity contribution < 1.29 is 17.6 Å². The standard InChI is InChI=1S/C27H23Cl2N3O4S/c1-18-5-3-4-6-20(18)17-32(37(2,34)35)22-10-7-19(8-11-22)27(33)31-30-16-23-12-14-26(36-23)24-13-9-21(28)15-25(24)29/h3-16H,17H2,1-2H3,(H,31,33)/b30-16-. The van der Waals surface area contributed by atoms with E-state index in [-0.39, 0.29) is 6.54 Å². The SMILES string of the molecule is Cc1ccccc1CN(c1ccc(C(=O)N/N=C\c2ccc(-c3ccc(Cl)cc3Cl)o2)cc1)S(C)(=O)=O. The topological polar surface area (TPSA) is 92.0 Å². The van der Waals surface area contributed by atoms with Crippen molar-refractivity contribution in [1.82, 2.24) is 5.43 Å². The summed E-state index contributed by atoms with van der Waals surface area (Å²) < 4.78 is 32.0. The largest absolute Gasteiger partial charge is 0.455 e. The molecule has 0 aliphatic carbocycles. The van der Waals surface area contributed by atoms with Crippen molar-refractivity contribution in [2.24, 2.45) is 5.10 Å². The molecule has 0 aliphatic heterocycles. The van der Waals surface area contributed by atoms with Crippen LogP contribution >= 0.6 is 23.2 Å². The summed E-state index contributed by atoms with van der Waals surface area (Å²) >= 11 is 12.2. The Bertz CT molecular complexity index is 1560. The number of carbonyl (C=O) groups excluding carboxylic acids is 1. The van der Waals surface area contributed by atoms with Crippen molar-refractivity contribution in [2.45, 2.75) is 13.5 Å². The van der Waals surface area contributed by atoms with Crippen molar-refractivity contribution >= 4 is 51.0 Å². The molecule has 1 heterocycles. The Morgan fingerprint density at radius 2 is 1.76 bits per heavy atom. The number of hydrogen-bond donors (Lipinski definition) is 1. The quantitative estimate of drug-likeness (QED) is 0.204. The fourth-order valence-corrected chi connectivity index (χ4v) is 4.98. The van der Waals surface area contributed by atoms with E-state index in [4.69, 9.17) is 27.6 Å². The number of hydrogen-bond acceptors (Lipinski definition) is 5. The number of anilines is 1. The van der Waals surface area contributed by atoms with Gasteiger partial charge in [0.25, 0.3) is 5.91 Å². The Morgan fingerprint density at radius 3 is 2.43 bits per heavy atom. The molecule has 1 amide bonds. The monoisotopic (exact) mass is 555 g/mol. The van der Waals surface area contributed by atoms with E-state index in [1.165, 1.54) is 10.5 Å². The van der Waals surface area contributed by atoms with Crippen LogP contribution in [-0.4, -0.2) is 26.8 Å². The zero-order chi connectivity index (χ0) is 26.6. The number of amides is 1. The minimum absolute atomic E-state index is 0.188. The summed E-state index contributed by atoms with van der Waals surface area (Å²) in [7, 11) is -3.55. The maximum atomic E-state index is 12.5. The maximum absolute atomic E-state index is 12.5. The summed E-state index contributed by atoms with van der Waals surface area (Å²) in [4.78, 5) is 12.5. The molecule has 37 heavy (non-hydrogen) atoms. The summed E-state index contributed by atoms with van der Waals surface area (Å²) in [5, 5.41) is 4.92. The summed E-state index contributed by atoms with van der Waals surface area (Å²) in [5.74, 6) is 0.489. The van der Waals surface area contributed by atoms with Crippen molar-refractivity contribution in [3.63, 3.8) is 0 Å². The predicted molar refractivity (Wildman–Crippen MR) is 148 cm³/mol. The van der Waals surface area contributed by atoms with E-state index in [2.05, 4.69) is 10.5 Å². The molecule has 1 aromatic heterocycles. The van der Waals surface area contributed by atoms with Crippen LogP contribution in [0.2, 0.25) is 10.0 Å². The molecule has 7 nitrogen and oxygen atoms in total. The second-order valence-electron chi connectivity index (χ2n) is 8.27. The van der Waals surface area contributed by atoms with Gasteiger partial charge in [-0.1, -0.05) is 47.5 Å². The second-order valence-corrected chi connectivity index (χ2v) is 11.0. The molecule has 0 aliphatic rings. The van der Waals surface area contributed by atoms with Gasteiger partial charge in [0.15, 0.2) is 0 Å². The minimum Gasteiger partial charge on any atom is -0.455 e. The first kappa shape index (κ1) is 26.5. The Balaban J connectivity index is 1.43. The first-order valence-corrected chi connectivity index (χ1v) is 13.7. The molecule has 3 aromatic carbocycles. The van der Waals surface area contributed by atoms with Crippen LogP contribution in [0.25, 0.3) is 11.3 Å². The highest BCUT2D eigenvalue weighted by atomic mass is 35.5. The number of hydrazone groups is 1. The van der Waals surface area contributed by atoms with Gasteiger partial charge >= 0.3 is 0 Å². The highest BCUT2D eigenvalue weighted by Gasteiger charge is 2.19. The molecule has 4 rings (SSSR count). The lowest BCUT2D eigenvalue weighted by Gasteiger charge is -2.23. The van der Waals surface area contributed by atoms with Gasteiger partial charge in [-0.3, -0.25) is 9.10 Å². The van der Waals surface area contributed by atoms with Crippen LogP contribution in [0.1, 0.15) is 27.2 Å². The van der Waals surface area contributed by atoms with E-state index in [0.717, 1.165) is 17.4 Å². The van der Waals surface area contributed by atoms with E-state index < -0.39 is 15.9 Å². The first-order valence-electron chi connectivity index (χ1n) is 11.1. The number of nitrogens with one attached hydrogen (secondary N) is 1. The lowest BCUT2D eigenvalue weighted by Crippen LogP contribution is -2.29. The maximum Gasteiger partial charge on any atom is 0.271 e. The van der Waals surface area contributed by atoms with Gasteiger partial charge in [0, 0.05) is 16.1 Å². The van der Waals surface area contributed by atoms with Crippen LogP contribution in [0.4, 0.5) is 5.69 Å². The molecule has 0 saturated heterocycles. The van der Waals surface area contributed by atoms with Gasteiger partial charge in [0.1, 0.15) is 11.5 Å². The number of sulfonamides is 1. The molecule has 0 spiro atoms. The lowest BCUT2D eigenvalue weighted by atomic mass is 10.1. The number of rotatable bonds is 8. The molecule has 0 saturated carbocycles. The van der Waals surface area contributed by atoms with Gasteiger partial charge in [0.05, 0.1) is 29.7 Å². The molecule has 190 valence electrons. The molecule has 4 aromatic rings. The smallest absolute Gasteiger partial charge is 0.271 e. The molecule has 0 atom stereocenters. The normalized spacial score (nSPS) is 11.6. The molecule has 0 unspecified atom stereocenters. The molecule has 1 N–H and O–H groups in total. The van der Waals surface area contributed by atoms with Gasteiger partial charge in [-0.15, -0.1) is 0 Å². The Kier molecular flexibility index (Phi) is 8.02. The molecule has 0 bridgehead atoms. The van der Waals surface area contributed by atoms with Crippen LogP contribution in [0.5, 0.6) is 0 Å². The van der Waals surface area contributed by atoms with Gasteiger partial charge in [-0.05, 0) is 72.6 Å². The molecular formula is C27H23Cl2N3O4S. The van der Waals surface area contributed by atoms with Crippen LogP contribution in [0.3, 0.4) is 0 Å². The third-order valence-corrected chi connectivity index (χ3v) is 7.26. The van der Waals surface area contributed by atoms with Gasteiger partial charge in [-0.25, -0.2) is 13.8 Å². The highest BCUT2D eigenvalue weighted by Crippen LogP contribution is 2.31. The molecule has 0 fully saturated rings. The zero-order valence-corrected chi connectivity index (χ0v) is 22.3. The summed E-state index contributed by atoms with van der Waals surface area (Å²) in [6, 6.07) is 22.4. The average molecular weight is 556 g/mol. The van der Waals surface area contributed by atoms with E-state index in [9.17, 15) is 13.2 Å². The highest BCUT2D eigenvalue weighted by molar-refractivity contribution is 7.92. The van der Waals surface area contributed by atoms with Gasteiger partial charge < -0.3 is 4.42 Å². The number of benzene rings is 3. The molecule has 0 radical (unpaired) electrons. The fourth-order valence-electron chi connectivity index (χ4n) is 3.60. The first-order chi connectivity index (χ1) is 17.6. The Hall–Kier alpha value is -3.59. The summed E-state index contributed by atoms with van der Waals surface area (Å²) in [6.45, 7) is 2.12. The van der Waals surface area contributed by atoms with Crippen molar-refractivity contribution in [1.29, 1.82) is 0 Å². The van der Waals surface area contributed by atoms with E-state index in [1.807, 2.05) is 31.2 Å². The third-order valence-electron chi connectivity index (χ3n) is 5.57. The number of carbonyl (C=O) groups is 1. The summed E-state index contributed by atoms with van der Waals surface area (Å²) in [6.07, 6.45) is 2.52. The van der Waals surface area contributed by atoms with Crippen molar-refractivity contribution in [3.8, 4) is 11.3 Å².